The second kappa shape index (κ2) is 6.86. The summed E-state index contributed by atoms with van der Waals surface area (Å²) < 4.78 is 37.9. The molecule has 0 saturated carbocycles. The van der Waals surface area contributed by atoms with Gasteiger partial charge >= 0.3 is 0 Å². The van der Waals surface area contributed by atoms with E-state index < -0.39 is 10.0 Å². The van der Waals surface area contributed by atoms with Gasteiger partial charge in [-0.1, -0.05) is 29.5 Å². The highest BCUT2D eigenvalue weighted by molar-refractivity contribution is 7.92. The van der Waals surface area contributed by atoms with Crippen LogP contribution in [0.3, 0.4) is 0 Å². The van der Waals surface area contributed by atoms with Crippen LogP contribution in [0.25, 0.3) is 0 Å². The molecule has 0 fully saturated rings. The lowest BCUT2D eigenvalue weighted by atomic mass is 10.2. The summed E-state index contributed by atoms with van der Waals surface area (Å²) in [5.74, 6) is -0.711. The van der Waals surface area contributed by atoms with Crippen molar-refractivity contribution in [1.29, 1.82) is 0 Å². The van der Waals surface area contributed by atoms with Gasteiger partial charge in [-0.15, -0.1) is 0 Å². The number of sulfonamides is 1. The van der Waals surface area contributed by atoms with Crippen LogP contribution in [0.4, 0.5) is 9.52 Å². The van der Waals surface area contributed by atoms with Gasteiger partial charge < -0.3 is 4.90 Å². The normalized spacial score (nSPS) is 11.4. The molecule has 0 unspecified atom stereocenters. The van der Waals surface area contributed by atoms with Crippen molar-refractivity contribution in [1.82, 2.24) is 9.88 Å². The third-order valence-corrected chi connectivity index (χ3v) is 5.96. The van der Waals surface area contributed by atoms with Crippen LogP contribution in [-0.4, -0.2) is 44.6 Å². The Morgan fingerprint density at radius 3 is 2.50 bits per heavy atom. The zero-order chi connectivity index (χ0) is 18.1. The zero-order valence-electron chi connectivity index (χ0n) is 13.8. The van der Waals surface area contributed by atoms with Crippen molar-refractivity contribution in [3.63, 3.8) is 0 Å². The Hall–Kier alpha value is -2.00. The summed E-state index contributed by atoms with van der Waals surface area (Å²) in [6.45, 7) is 1.75. The summed E-state index contributed by atoms with van der Waals surface area (Å²) in [4.78, 5) is 18.4. The van der Waals surface area contributed by atoms with Gasteiger partial charge in [0, 0.05) is 26.2 Å². The number of halogens is 1. The SMILES string of the molecule is Cc1nc(N(C)S(C)(=O)=O)sc1C(=O)N(C)Cc1ccccc1F. The van der Waals surface area contributed by atoms with Crippen LogP contribution in [0.2, 0.25) is 0 Å². The van der Waals surface area contributed by atoms with Gasteiger partial charge in [-0.2, -0.15) is 0 Å². The lowest BCUT2D eigenvalue weighted by molar-refractivity contribution is 0.0787. The fraction of sp³-hybridized carbons (Fsp3) is 0.333. The third-order valence-electron chi connectivity index (χ3n) is 3.46. The monoisotopic (exact) mass is 371 g/mol. The van der Waals surface area contributed by atoms with Crippen molar-refractivity contribution >= 4 is 32.4 Å². The van der Waals surface area contributed by atoms with Crippen molar-refractivity contribution in [2.24, 2.45) is 0 Å². The molecular weight excluding hydrogens is 353 g/mol. The average Bonchev–Trinajstić information content (AvgIpc) is 2.88. The molecule has 1 aromatic heterocycles. The highest BCUT2D eigenvalue weighted by atomic mass is 32.2. The molecule has 1 aromatic carbocycles. The molecule has 1 heterocycles. The molecule has 6 nitrogen and oxygen atoms in total. The summed E-state index contributed by atoms with van der Waals surface area (Å²) in [6.07, 6.45) is 1.07. The number of carbonyl (C=O) groups is 1. The number of hydrogen-bond acceptors (Lipinski definition) is 5. The van der Waals surface area contributed by atoms with Crippen molar-refractivity contribution in [2.45, 2.75) is 13.5 Å². The first-order valence-corrected chi connectivity index (χ1v) is 9.68. The molecule has 0 bridgehead atoms. The molecule has 2 rings (SSSR count). The van der Waals surface area contributed by atoms with E-state index in [9.17, 15) is 17.6 Å². The first-order valence-electron chi connectivity index (χ1n) is 7.01. The van der Waals surface area contributed by atoms with Crippen LogP contribution in [0.15, 0.2) is 24.3 Å². The molecule has 0 saturated heterocycles. The van der Waals surface area contributed by atoms with Crippen LogP contribution in [0.1, 0.15) is 20.9 Å². The van der Waals surface area contributed by atoms with E-state index in [4.69, 9.17) is 0 Å². The van der Waals surface area contributed by atoms with Crippen molar-refractivity contribution in [3.05, 3.63) is 46.2 Å². The minimum absolute atomic E-state index is 0.111. The summed E-state index contributed by atoms with van der Waals surface area (Å²) >= 11 is 0.996. The summed E-state index contributed by atoms with van der Waals surface area (Å²) in [5.41, 5.74) is 0.847. The number of amides is 1. The van der Waals surface area contributed by atoms with Gasteiger partial charge in [0.1, 0.15) is 10.7 Å². The topological polar surface area (TPSA) is 70.6 Å². The van der Waals surface area contributed by atoms with E-state index in [0.717, 1.165) is 21.9 Å². The average molecular weight is 371 g/mol. The van der Waals surface area contributed by atoms with Gasteiger partial charge in [-0.05, 0) is 13.0 Å². The van der Waals surface area contributed by atoms with E-state index in [2.05, 4.69) is 4.98 Å². The molecule has 24 heavy (non-hydrogen) atoms. The molecule has 0 atom stereocenters. The first kappa shape index (κ1) is 18.3. The Morgan fingerprint density at radius 2 is 1.92 bits per heavy atom. The number of anilines is 1. The number of nitrogens with zero attached hydrogens (tertiary/aromatic N) is 3. The lowest BCUT2D eigenvalue weighted by Crippen LogP contribution is -2.26. The number of aryl methyl sites for hydroxylation is 1. The maximum atomic E-state index is 13.7. The van der Waals surface area contributed by atoms with E-state index in [1.54, 1.807) is 32.2 Å². The smallest absolute Gasteiger partial charge is 0.265 e. The molecule has 0 aliphatic heterocycles. The van der Waals surface area contributed by atoms with E-state index in [-0.39, 0.29) is 23.4 Å². The fourth-order valence-corrected chi connectivity index (χ4v) is 3.76. The maximum absolute atomic E-state index is 13.7. The van der Waals surface area contributed by atoms with Gasteiger partial charge in [-0.25, -0.2) is 22.1 Å². The highest BCUT2D eigenvalue weighted by Gasteiger charge is 2.23. The molecule has 2 aromatic rings. The number of aromatic nitrogens is 1. The molecule has 130 valence electrons. The predicted molar refractivity (Wildman–Crippen MR) is 92.3 cm³/mol. The molecule has 0 aliphatic rings. The summed E-state index contributed by atoms with van der Waals surface area (Å²) in [7, 11) is -0.509. The minimum atomic E-state index is -3.45. The second-order valence-corrected chi connectivity index (χ2v) is 8.39. The van der Waals surface area contributed by atoms with E-state index in [1.165, 1.54) is 18.0 Å². The van der Waals surface area contributed by atoms with E-state index >= 15 is 0 Å². The van der Waals surface area contributed by atoms with Gasteiger partial charge in [0.05, 0.1) is 11.9 Å². The third kappa shape index (κ3) is 3.90. The largest absolute Gasteiger partial charge is 0.337 e. The molecular formula is C15H18FN3O3S2. The Morgan fingerprint density at radius 1 is 1.29 bits per heavy atom. The quantitative estimate of drug-likeness (QED) is 0.808. The van der Waals surface area contributed by atoms with Crippen molar-refractivity contribution in [2.75, 3.05) is 24.7 Å². The Balaban J connectivity index is 2.24. The minimum Gasteiger partial charge on any atom is -0.337 e. The summed E-state index contributed by atoms with van der Waals surface area (Å²) in [5, 5.41) is 0.220. The van der Waals surface area contributed by atoms with Crippen LogP contribution >= 0.6 is 11.3 Å². The Labute approximate surface area is 144 Å². The van der Waals surface area contributed by atoms with Gasteiger partial charge in [0.25, 0.3) is 5.91 Å². The summed E-state index contributed by atoms with van der Waals surface area (Å²) in [6, 6.07) is 6.24. The zero-order valence-corrected chi connectivity index (χ0v) is 15.4. The van der Waals surface area contributed by atoms with Crippen LogP contribution in [0.5, 0.6) is 0 Å². The molecule has 0 aliphatic carbocycles. The van der Waals surface area contributed by atoms with Crippen LogP contribution in [-0.2, 0) is 16.6 Å². The maximum Gasteiger partial charge on any atom is 0.265 e. The predicted octanol–water partition coefficient (Wildman–Crippen LogP) is 2.26. The van der Waals surface area contributed by atoms with E-state index in [1.807, 2.05) is 0 Å². The number of thiazole rings is 1. The Bertz CT molecular complexity index is 865. The fourth-order valence-electron chi connectivity index (χ4n) is 1.98. The highest BCUT2D eigenvalue weighted by Crippen LogP contribution is 2.28. The van der Waals surface area contributed by atoms with E-state index in [0.29, 0.717) is 16.1 Å². The van der Waals surface area contributed by atoms with Crippen LogP contribution in [0, 0.1) is 12.7 Å². The van der Waals surface area contributed by atoms with Gasteiger partial charge in [-0.3, -0.25) is 4.79 Å². The van der Waals surface area contributed by atoms with Gasteiger partial charge in [0.15, 0.2) is 5.13 Å². The number of hydrogen-bond donors (Lipinski definition) is 0. The van der Waals surface area contributed by atoms with Crippen molar-refractivity contribution in [3.8, 4) is 0 Å². The molecule has 0 spiro atoms. The standard InChI is InChI=1S/C15H18FN3O3S2/c1-10-13(23-15(17-10)19(3)24(4,21)22)14(20)18(2)9-11-7-5-6-8-12(11)16/h5-8H,9H2,1-4H3. The number of carbonyl (C=O) groups excluding carboxylic acids is 1. The number of rotatable bonds is 5. The second-order valence-electron chi connectivity index (χ2n) is 5.39. The lowest BCUT2D eigenvalue weighted by Gasteiger charge is -2.17. The Kier molecular flexibility index (Phi) is 5.24. The van der Waals surface area contributed by atoms with Crippen LogP contribution < -0.4 is 4.31 Å². The molecule has 9 heteroatoms. The number of benzene rings is 1. The van der Waals surface area contributed by atoms with Gasteiger partial charge in [0.2, 0.25) is 10.0 Å². The first-order chi connectivity index (χ1) is 11.1. The van der Waals surface area contributed by atoms with Crippen molar-refractivity contribution < 1.29 is 17.6 Å². The molecule has 1 amide bonds. The molecule has 0 N–H and O–H groups in total. The molecule has 0 radical (unpaired) electrons.